The predicted octanol–water partition coefficient (Wildman–Crippen LogP) is 5.63. The van der Waals surface area contributed by atoms with Gasteiger partial charge in [-0.05, 0) is 38.3 Å². The zero-order valence-corrected chi connectivity index (χ0v) is 16.3. The fraction of sp³-hybridized carbons (Fsp3) is 0.368. The number of thiophene rings is 1. The SMILES string of the molecule is CCCn1c(SCc2cccc(C)c2)nnc1-c1csc(C)c1C. The second kappa shape index (κ2) is 7.53. The maximum Gasteiger partial charge on any atom is 0.191 e. The van der Waals surface area contributed by atoms with E-state index in [1.165, 1.54) is 27.1 Å². The molecule has 24 heavy (non-hydrogen) atoms. The molecule has 0 spiro atoms. The normalized spacial score (nSPS) is 11.2. The Morgan fingerprint density at radius 3 is 2.67 bits per heavy atom. The van der Waals surface area contributed by atoms with Crippen LogP contribution in [-0.4, -0.2) is 14.8 Å². The Balaban J connectivity index is 1.87. The third kappa shape index (κ3) is 3.57. The van der Waals surface area contributed by atoms with Gasteiger partial charge in [-0.3, -0.25) is 0 Å². The smallest absolute Gasteiger partial charge is 0.191 e. The van der Waals surface area contributed by atoms with Crippen molar-refractivity contribution in [2.24, 2.45) is 0 Å². The van der Waals surface area contributed by atoms with Crippen LogP contribution in [0.5, 0.6) is 0 Å². The van der Waals surface area contributed by atoms with E-state index in [0.717, 1.165) is 29.7 Å². The van der Waals surface area contributed by atoms with Crippen molar-refractivity contribution in [3.05, 3.63) is 51.2 Å². The van der Waals surface area contributed by atoms with E-state index in [4.69, 9.17) is 0 Å². The first-order valence-corrected chi connectivity index (χ1v) is 10.1. The summed E-state index contributed by atoms with van der Waals surface area (Å²) in [5.41, 5.74) is 5.17. The van der Waals surface area contributed by atoms with Gasteiger partial charge >= 0.3 is 0 Å². The summed E-state index contributed by atoms with van der Waals surface area (Å²) >= 11 is 3.56. The van der Waals surface area contributed by atoms with Crippen molar-refractivity contribution in [2.45, 2.75) is 51.6 Å². The van der Waals surface area contributed by atoms with E-state index in [1.807, 2.05) is 0 Å². The van der Waals surface area contributed by atoms with E-state index in [2.05, 4.69) is 72.1 Å². The molecule has 126 valence electrons. The largest absolute Gasteiger partial charge is 0.302 e. The summed E-state index contributed by atoms with van der Waals surface area (Å²) in [6, 6.07) is 8.66. The number of hydrogen-bond donors (Lipinski definition) is 0. The molecule has 0 N–H and O–H groups in total. The van der Waals surface area contributed by atoms with Crippen molar-refractivity contribution >= 4 is 23.1 Å². The Morgan fingerprint density at radius 1 is 1.17 bits per heavy atom. The molecule has 0 aliphatic rings. The van der Waals surface area contributed by atoms with Gasteiger partial charge in [-0.25, -0.2) is 0 Å². The van der Waals surface area contributed by atoms with Crippen molar-refractivity contribution in [1.82, 2.24) is 14.8 Å². The average molecular weight is 358 g/mol. The first-order chi connectivity index (χ1) is 11.6. The van der Waals surface area contributed by atoms with Crippen LogP contribution < -0.4 is 0 Å². The predicted molar refractivity (Wildman–Crippen MR) is 104 cm³/mol. The second-order valence-electron chi connectivity index (χ2n) is 6.07. The van der Waals surface area contributed by atoms with Gasteiger partial charge in [0, 0.05) is 28.1 Å². The highest BCUT2D eigenvalue weighted by atomic mass is 32.2. The molecule has 0 atom stereocenters. The van der Waals surface area contributed by atoms with Gasteiger partial charge in [0.1, 0.15) is 0 Å². The van der Waals surface area contributed by atoms with Crippen molar-refractivity contribution in [3.63, 3.8) is 0 Å². The molecule has 0 fully saturated rings. The van der Waals surface area contributed by atoms with Crippen molar-refractivity contribution < 1.29 is 0 Å². The highest BCUT2D eigenvalue weighted by Gasteiger charge is 2.17. The molecule has 3 aromatic rings. The molecule has 3 nitrogen and oxygen atoms in total. The van der Waals surface area contributed by atoms with Gasteiger partial charge < -0.3 is 4.57 Å². The first kappa shape index (κ1) is 17.2. The van der Waals surface area contributed by atoms with E-state index < -0.39 is 0 Å². The molecule has 0 amide bonds. The number of nitrogens with zero attached hydrogens (tertiary/aromatic N) is 3. The fourth-order valence-corrected chi connectivity index (χ4v) is 4.47. The fourth-order valence-electron chi connectivity index (χ4n) is 2.70. The molecule has 3 rings (SSSR count). The van der Waals surface area contributed by atoms with Crippen LogP contribution in [0.15, 0.2) is 34.8 Å². The van der Waals surface area contributed by atoms with Gasteiger partial charge in [0.2, 0.25) is 0 Å². The minimum Gasteiger partial charge on any atom is -0.302 e. The van der Waals surface area contributed by atoms with E-state index in [0.29, 0.717) is 0 Å². The van der Waals surface area contributed by atoms with E-state index in [9.17, 15) is 0 Å². The molecule has 0 radical (unpaired) electrons. The number of rotatable bonds is 6. The van der Waals surface area contributed by atoms with Gasteiger partial charge in [-0.2, -0.15) is 0 Å². The molecule has 0 bridgehead atoms. The summed E-state index contributed by atoms with van der Waals surface area (Å²) in [7, 11) is 0. The van der Waals surface area contributed by atoms with Crippen molar-refractivity contribution in [3.8, 4) is 11.4 Å². The van der Waals surface area contributed by atoms with Crippen LogP contribution >= 0.6 is 23.1 Å². The quantitative estimate of drug-likeness (QED) is 0.535. The highest BCUT2D eigenvalue weighted by molar-refractivity contribution is 7.98. The zero-order chi connectivity index (χ0) is 17.1. The Hall–Kier alpha value is -1.59. The minimum absolute atomic E-state index is 0.922. The highest BCUT2D eigenvalue weighted by Crippen LogP contribution is 2.32. The van der Waals surface area contributed by atoms with Crippen LogP contribution in [0.2, 0.25) is 0 Å². The molecule has 0 aliphatic carbocycles. The van der Waals surface area contributed by atoms with Crippen LogP contribution in [0.3, 0.4) is 0 Å². The first-order valence-electron chi connectivity index (χ1n) is 8.26. The summed E-state index contributed by atoms with van der Waals surface area (Å²) < 4.78 is 2.27. The number of hydrogen-bond acceptors (Lipinski definition) is 4. The van der Waals surface area contributed by atoms with Gasteiger partial charge in [-0.15, -0.1) is 21.5 Å². The maximum atomic E-state index is 4.51. The Kier molecular flexibility index (Phi) is 5.41. The zero-order valence-electron chi connectivity index (χ0n) is 14.7. The lowest BCUT2D eigenvalue weighted by atomic mass is 10.1. The third-order valence-electron chi connectivity index (χ3n) is 4.14. The molecule has 5 heteroatoms. The van der Waals surface area contributed by atoms with E-state index in [1.54, 1.807) is 23.1 Å². The van der Waals surface area contributed by atoms with Gasteiger partial charge in [0.25, 0.3) is 0 Å². The Bertz CT molecular complexity index is 833. The Morgan fingerprint density at radius 2 is 2.00 bits per heavy atom. The van der Waals surface area contributed by atoms with Gasteiger partial charge in [-0.1, -0.05) is 48.5 Å². The molecule has 0 unspecified atom stereocenters. The number of thioether (sulfide) groups is 1. The molecule has 0 aliphatic heterocycles. The molecule has 0 saturated carbocycles. The Labute approximate surface area is 152 Å². The topological polar surface area (TPSA) is 30.7 Å². The monoisotopic (exact) mass is 357 g/mol. The van der Waals surface area contributed by atoms with Crippen molar-refractivity contribution in [2.75, 3.05) is 0 Å². The van der Waals surface area contributed by atoms with E-state index >= 15 is 0 Å². The van der Waals surface area contributed by atoms with Crippen molar-refractivity contribution in [1.29, 1.82) is 0 Å². The minimum atomic E-state index is 0.922. The lowest BCUT2D eigenvalue weighted by Crippen LogP contribution is -2.02. The molecule has 1 aromatic carbocycles. The molecular weight excluding hydrogens is 334 g/mol. The number of benzene rings is 1. The molecule has 2 aromatic heterocycles. The summed E-state index contributed by atoms with van der Waals surface area (Å²) in [4.78, 5) is 1.35. The molecule has 2 heterocycles. The number of aryl methyl sites for hydroxylation is 2. The summed E-state index contributed by atoms with van der Waals surface area (Å²) in [5.74, 6) is 1.93. The molecular formula is C19H23N3S2. The lowest BCUT2D eigenvalue weighted by molar-refractivity contribution is 0.626. The summed E-state index contributed by atoms with van der Waals surface area (Å²) in [5, 5.41) is 12.2. The van der Waals surface area contributed by atoms with Crippen LogP contribution in [-0.2, 0) is 12.3 Å². The van der Waals surface area contributed by atoms with Crippen LogP contribution in [0, 0.1) is 20.8 Å². The van der Waals surface area contributed by atoms with Crippen LogP contribution in [0.25, 0.3) is 11.4 Å². The summed E-state index contributed by atoms with van der Waals surface area (Å²) in [6.45, 7) is 9.62. The van der Waals surface area contributed by atoms with Gasteiger partial charge in [0.05, 0.1) is 0 Å². The lowest BCUT2D eigenvalue weighted by Gasteiger charge is -2.09. The van der Waals surface area contributed by atoms with Crippen LogP contribution in [0.4, 0.5) is 0 Å². The maximum absolute atomic E-state index is 4.51. The number of aromatic nitrogens is 3. The molecule has 0 saturated heterocycles. The van der Waals surface area contributed by atoms with E-state index in [-0.39, 0.29) is 0 Å². The summed E-state index contributed by atoms with van der Waals surface area (Å²) in [6.07, 6.45) is 1.07. The average Bonchev–Trinajstić information content (AvgIpc) is 3.10. The van der Waals surface area contributed by atoms with Crippen LogP contribution in [0.1, 0.15) is 34.9 Å². The second-order valence-corrected chi connectivity index (χ2v) is 8.09. The standard InChI is InChI=1S/C19H23N3S2/c1-5-9-22-18(17-12-23-15(4)14(17)3)20-21-19(22)24-11-16-8-6-7-13(2)10-16/h6-8,10,12H,5,9,11H2,1-4H3. The van der Waals surface area contributed by atoms with Gasteiger partial charge in [0.15, 0.2) is 11.0 Å². The third-order valence-corrected chi connectivity index (χ3v) is 6.19.